The Morgan fingerprint density at radius 2 is 2.00 bits per heavy atom. The molecular weight excluding hydrogens is 342 g/mol. The molecule has 1 fully saturated rings. The summed E-state index contributed by atoms with van der Waals surface area (Å²) in [7, 11) is 1.66. The van der Waals surface area contributed by atoms with Gasteiger partial charge in [0.1, 0.15) is 11.6 Å². The van der Waals surface area contributed by atoms with Gasteiger partial charge >= 0.3 is 0 Å². The molecule has 4 nitrogen and oxygen atoms in total. The number of aromatic amines is 1. The second-order valence-corrected chi connectivity index (χ2v) is 6.75. The van der Waals surface area contributed by atoms with Crippen molar-refractivity contribution in [1.29, 1.82) is 0 Å². The molecule has 0 aliphatic heterocycles. The highest BCUT2D eigenvalue weighted by atomic mass is 35.5. The van der Waals surface area contributed by atoms with Crippen LogP contribution in [0, 0.1) is 4.77 Å². The summed E-state index contributed by atoms with van der Waals surface area (Å²) in [5, 5.41) is 8.17. The fourth-order valence-electron chi connectivity index (χ4n) is 3.12. The Morgan fingerprint density at radius 1 is 1.21 bits per heavy atom. The predicted molar refractivity (Wildman–Crippen MR) is 96.9 cm³/mol. The summed E-state index contributed by atoms with van der Waals surface area (Å²) >= 11 is 11.4. The molecular formula is C18H16ClN3OS. The highest BCUT2D eigenvalue weighted by Gasteiger charge is 2.43. The molecule has 0 amide bonds. The van der Waals surface area contributed by atoms with Crippen LogP contribution in [0.25, 0.3) is 5.69 Å². The number of ether oxygens (including phenoxy) is 1. The van der Waals surface area contributed by atoms with Crippen LogP contribution in [0.3, 0.4) is 0 Å². The van der Waals surface area contributed by atoms with E-state index in [4.69, 9.17) is 28.6 Å². The number of benzene rings is 2. The molecule has 1 saturated carbocycles. The third-order valence-corrected chi connectivity index (χ3v) is 4.96. The van der Waals surface area contributed by atoms with Crippen LogP contribution in [-0.4, -0.2) is 21.9 Å². The van der Waals surface area contributed by atoms with Crippen LogP contribution in [0.1, 0.15) is 29.6 Å². The van der Waals surface area contributed by atoms with E-state index >= 15 is 0 Å². The molecule has 2 aromatic carbocycles. The van der Waals surface area contributed by atoms with Crippen molar-refractivity contribution in [3.05, 3.63) is 69.7 Å². The number of H-pyrrole nitrogens is 1. The zero-order chi connectivity index (χ0) is 16.7. The molecule has 0 radical (unpaired) electrons. The summed E-state index contributed by atoms with van der Waals surface area (Å²) < 4.78 is 7.92. The van der Waals surface area contributed by atoms with E-state index in [1.807, 2.05) is 41.0 Å². The van der Waals surface area contributed by atoms with Crippen LogP contribution in [0.15, 0.2) is 48.5 Å². The third-order valence-electron chi connectivity index (χ3n) is 4.43. The number of rotatable bonds is 4. The number of hydrogen-bond donors (Lipinski definition) is 1. The van der Waals surface area contributed by atoms with E-state index in [1.54, 1.807) is 7.11 Å². The topological polar surface area (TPSA) is 42.8 Å². The summed E-state index contributed by atoms with van der Waals surface area (Å²) in [6.45, 7) is 0. The van der Waals surface area contributed by atoms with Crippen LogP contribution in [0.5, 0.6) is 5.75 Å². The van der Waals surface area contributed by atoms with Gasteiger partial charge in [-0.05, 0) is 54.4 Å². The van der Waals surface area contributed by atoms with Crippen molar-refractivity contribution >= 4 is 23.8 Å². The predicted octanol–water partition coefficient (Wildman–Crippen LogP) is 4.86. The lowest BCUT2D eigenvalue weighted by Crippen LogP contribution is -2.01. The van der Waals surface area contributed by atoms with Crippen molar-refractivity contribution in [1.82, 2.24) is 14.8 Å². The Bertz CT molecular complexity index is 932. The Kier molecular flexibility index (Phi) is 3.90. The van der Waals surface area contributed by atoms with Crippen LogP contribution in [-0.2, 0) is 0 Å². The van der Waals surface area contributed by atoms with Gasteiger partial charge in [0.05, 0.1) is 12.8 Å². The summed E-state index contributed by atoms with van der Waals surface area (Å²) in [5.41, 5.74) is 2.25. The van der Waals surface area contributed by atoms with E-state index in [1.165, 1.54) is 5.56 Å². The molecule has 0 spiro atoms. The summed E-state index contributed by atoms with van der Waals surface area (Å²) in [6.07, 6.45) is 1.06. The fraction of sp³-hybridized carbons (Fsp3) is 0.222. The van der Waals surface area contributed by atoms with Crippen LogP contribution in [0.4, 0.5) is 0 Å². The maximum Gasteiger partial charge on any atom is 0.199 e. The largest absolute Gasteiger partial charge is 0.497 e. The molecule has 1 heterocycles. The van der Waals surface area contributed by atoms with Crippen molar-refractivity contribution in [2.45, 2.75) is 18.3 Å². The van der Waals surface area contributed by atoms with Gasteiger partial charge in [-0.25, -0.2) is 0 Å². The second-order valence-electron chi connectivity index (χ2n) is 5.92. The zero-order valence-electron chi connectivity index (χ0n) is 13.1. The van der Waals surface area contributed by atoms with Gasteiger partial charge in [0.25, 0.3) is 0 Å². The molecule has 1 aliphatic carbocycles. The lowest BCUT2D eigenvalue weighted by Gasteiger charge is -2.08. The molecule has 1 aliphatic rings. The van der Waals surface area contributed by atoms with E-state index < -0.39 is 0 Å². The Morgan fingerprint density at radius 3 is 2.75 bits per heavy atom. The van der Waals surface area contributed by atoms with Crippen molar-refractivity contribution in [2.75, 3.05) is 7.11 Å². The third kappa shape index (κ3) is 2.74. The van der Waals surface area contributed by atoms with Gasteiger partial charge in [-0.1, -0.05) is 29.8 Å². The zero-order valence-corrected chi connectivity index (χ0v) is 14.6. The fourth-order valence-corrected chi connectivity index (χ4v) is 3.49. The van der Waals surface area contributed by atoms with Gasteiger partial charge < -0.3 is 4.74 Å². The summed E-state index contributed by atoms with van der Waals surface area (Å²) in [6, 6.07) is 15.9. The number of nitrogens with one attached hydrogen (secondary N) is 1. The first-order chi connectivity index (χ1) is 11.7. The Balaban J connectivity index is 1.68. The average Bonchev–Trinajstić information content (AvgIpc) is 3.30. The second kappa shape index (κ2) is 6.07. The first kappa shape index (κ1) is 15.4. The lowest BCUT2D eigenvalue weighted by atomic mass is 10.1. The quantitative estimate of drug-likeness (QED) is 0.678. The first-order valence-corrected chi connectivity index (χ1v) is 8.53. The Hall–Kier alpha value is -2.11. The minimum Gasteiger partial charge on any atom is -0.497 e. The normalized spacial score (nSPS) is 19.2. The van der Waals surface area contributed by atoms with Crippen molar-refractivity contribution in [3.63, 3.8) is 0 Å². The molecule has 0 saturated heterocycles. The molecule has 1 aromatic heterocycles. The van der Waals surface area contributed by atoms with E-state index in [-0.39, 0.29) is 0 Å². The van der Waals surface area contributed by atoms with Gasteiger partial charge in [-0.3, -0.25) is 9.67 Å². The molecule has 0 bridgehead atoms. The number of hydrogen-bond acceptors (Lipinski definition) is 3. The number of aromatic nitrogens is 3. The van der Waals surface area contributed by atoms with Crippen LogP contribution < -0.4 is 4.74 Å². The van der Waals surface area contributed by atoms with Gasteiger partial charge in [-0.2, -0.15) is 5.10 Å². The first-order valence-electron chi connectivity index (χ1n) is 7.74. The monoisotopic (exact) mass is 357 g/mol. The van der Waals surface area contributed by atoms with Gasteiger partial charge in [-0.15, -0.1) is 0 Å². The van der Waals surface area contributed by atoms with E-state index in [0.29, 0.717) is 16.6 Å². The van der Waals surface area contributed by atoms with Crippen molar-refractivity contribution < 1.29 is 4.74 Å². The van der Waals surface area contributed by atoms with Crippen LogP contribution >= 0.6 is 23.8 Å². The molecule has 24 heavy (non-hydrogen) atoms. The van der Waals surface area contributed by atoms with Gasteiger partial charge in [0, 0.05) is 17.0 Å². The van der Waals surface area contributed by atoms with Crippen LogP contribution in [0.2, 0.25) is 5.02 Å². The van der Waals surface area contributed by atoms with E-state index in [0.717, 1.165) is 28.7 Å². The molecule has 2 atom stereocenters. The summed E-state index contributed by atoms with van der Waals surface area (Å²) in [4.78, 5) is 0. The minimum atomic E-state index is 0.352. The molecule has 122 valence electrons. The number of nitrogens with zero attached hydrogens (tertiary/aromatic N) is 2. The van der Waals surface area contributed by atoms with Gasteiger partial charge in [0.15, 0.2) is 4.77 Å². The van der Waals surface area contributed by atoms with Gasteiger partial charge in [0.2, 0.25) is 0 Å². The molecule has 4 rings (SSSR count). The van der Waals surface area contributed by atoms with Crippen molar-refractivity contribution in [3.8, 4) is 11.4 Å². The smallest absolute Gasteiger partial charge is 0.199 e. The molecule has 6 heteroatoms. The maximum atomic E-state index is 5.98. The Labute approximate surface area is 150 Å². The highest BCUT2D eigenvalue weighted by Crippen LogP contribution is 2.54. The van der Waals surface area contributed by atoms with E-state index in [2.05, 4.69) is 22.3 Å². The summed E-state index contributed by atoms with van der Waals surface area (Å²) in [5.74, 6) is 2.57. The molecule has 1 N–H and O–H groups in total. The lowest BCUT2D eigenvalue weighted by molar-refractivity contribution is 0.414. The minimum absolute atomic E-state index is 0.352. The number of methoxy groups -OCH3 is 1. The SMILES string of the molecule is COc1cccc(-n2c([C@H]3C[C@H]3c3ccc(Cl)cc3)n[nH]c2=S)c1. The average molecular weight is 358 g/mol. The molecule has 0 unspecified atom stereocenters. The number of halogens is 1. The molecule has 3 aromatic rings. The van der Waals surface area contributed by atoms with Crippen molar-refractivity contribution in [2.24, 2.45) is 0 Å². The van der Waals surface area contributed by atoms with E-state index in [9.17, 15) is 0 Å². The standard InChI is InChI=1S/C18H16ClN3OS/c1-23-14-4-2-3-13(9-14)22-17(20-21-18(22)24)16-10-15(16)11-5-7-12(19)8-6-11/h2-9,15-16H,10H2,1H3,(H,21,24)/t15-,16-/m0/s1. The maximum absolute atomic E-state index is 5.98. The highest BCUT2D eigenvalue weighted by molar-refractivity contribution is 7.71.